The van der Waals surface area contributed by atoms with Gasteiger partial charge in [-0.1, -0.05) is 0 Å². The summed E-state index contributed by atoms with van der Waals surface area (Å²) in [6.45, 7) is 1.93. The molecule has 0 radical (unpaired) electrons. The van der Waals surface area contributed by atoms with Crippen LogP contribution in [0.15, 0.2) is 16.8 Å². The third-order valence-electron chi connectivity index (χ3n) is 0.768. The van der Waals surface area contributed by atoms with Crippen molar-refractivity contribution in [2.24, 2.45) is 0 Å². The van der Waals surface area contributed by atoms with E-state index in [0.717, 1.165) is 0 Å². The van der Waals surface area contributed by atoms with Crippen LogP contribution in [0.2, 0.25) is 0 Å². The molecule has 0 atom stereocenters. The molecule has 2 N–H and O–H groups in total. The average Bonchev–Trinajstić information content (AvgIpc) is 2.38. The Morgan fingerprint density at radius 2 is 2.27 bits per heavy atom. The van der Waals surface area contributed by atoms with E-state index in [1.165, 1.54) is 11.3 Å². The maximum atomic E-state index is 10.1. The zero-order valence-corrected chi connectivity index (χ0v) is 6.97. The standard InChI is InChI=1S/C5H4O2S.C2H6O/c6-5(7)4-1-2-8-3-4;1-2-3/h1-3H,(H,6,7);3H,2H2,1H3. The van der Waals surface area contributed by atoms with Crippen LogP contribution in [0.1, 0.15) is 17.3 Å². The van der Waals surface area contributed by atoms with E-state index in [1.54, 1.807) is 23.8 Å². The highest BCUT2D eigenvalue weighted by molar-refractivity contribution is 7.08. The van der Waals surface area contributed by atoms with Crippen LogP contribution >= 0.6 is 11.3 Å². The van der Waals surface area contributed by atoms with Crippen molar-refractivity contribution >= 4 is 17.3 Å². The molecule has 0 unspecified atom stereocenters. The van der Waals surface area contributed by atoms with Gasteiger partial charge in [-0.25, -0.2) is 4.79 Å². The Morgan fingerprint density at radius 1 is 1.73 bits per heavy atom. The molecule has 1 aromatic heterocycles. The molecule has 0 amide bonds. The Morgan fingerprint density at radius 3 is 2.45 bits per heavy atom. The Balaban J connectivity index is 0.000000292. The van der Waals surface area contributed by atoms with E-state index < -0.39 is 5.97 Å². The van der Waals surface area contributed by atoms with Crippen LogP contribution in [-0.4, -0.2) is 22.8 Å². The van der Waals surface area contributed by atoms with Crippen molar-refractivity contribution in [3.05, 3.63) is 22.4 Å². The maximum absolute atomic E-state index is 10.1. The molecule has 11 heavy (non-hydrogen) atoms. The molecular formula is C7H10O3S. The summed E-state index contributed by atoms with van der Waals surface area (Å²) in [5, 5.41) is 19.2. The SMILES string of the molecule is CCO.O=C(O)c1ccsc1. The molecular weight excluding hydrogens is 164 g/mol. The second kappa shape index (κ2) is 5.88. The lowest BCUT2D eigenvalue weighted by atomic mass is 10.4. The van der Waals surface area contributed by atoms with Crippen LogP contribution in [0.25, 0.3) is 0 Å². The predicted octanol–water partition coefficient (Wildman–Crippen LogP) is 1.44. The molecule has 4 heteroatoms. The summed E-state index contributed by atoms with van der Waals surface area (Å²) in [5.74, 6) is -0.855. The highest BCUT2D eigenvalue weighted by Gasteiger charge is 1.98. The van der Waals surface area contributed by atoms with Crippen molar-refractivity contribution in [1.29, 1.82) is 0 Å². The van der Waals surface area contributed by atoms with Crippen LogP contribution in [0.4, 0.5) is 0 Å². The lowest BCUT2D eigenvalue weighted by Crippen LogP contribution is -1.90. The topological polar surface area (TPSA) is 57.5 Å². The first kappa shape index (κ1) is 10.1. The minimum atomic E-state index is -0.855. The number of thiophene rings is 1. The number of aromatic carboxylic acids is 1. The fourth-order valence-corrected chi connectivity index (χ4v) is 1.02. The van der Waals surface area contributed by atoms with E-state index in [0.29, 0.717) is 5.56 Å². The van der Waals surface area contributed by atoms with Crippen molar-refractivity contribution in [3.63, 3.8) is 0 Å². The Hall–Kier alpha value is -0.870. The smallest absolute Gasteiger partial charge is 0.336 e. The first-order valence-electron chi connectivity index (χ1n) is 3.08. The summed E-state index contributed by atoms with van der Waals surface area (Å²) >= 11 is 1.39. The fourth-order valence-electron chi connectivity index (χ4n) is 0.386. The van der Waals surface area contributed by atoms with Crippen LogP contribution in [0, 0.1) is 0 Å². The zero-order valence-electron chi connectivity index (χ0n) is 6.15. The maximum Gasteiger partial charge on any atom is 0.336 e. The lowest BCUT2D eigenvalue weighted by Gasteiger charge is -1.78. The van der Waals surface area contributed by atoms with Gasteiger partial charge in [0.2, 0.25) is 0 Å². The monoisotopic (exact) mass is 174 g/mol. The van der Waals surface area contributed by atoms with Gasteiger partial charge in [-0.15, -0.1) is 0 Å². The van der Waals surface area contributed by atoms with Crippen molar-refractivity contribution < 1.29 is 15.0 Å². The molecule has 62 valence electrons. The summed E-state index contributed by atoms with van der Waals surface area (Å²) in [6, 6.07) is 1.58. The number of rotatable bonds is 1. The largest absolute Gasteiger partial charge is 0.478 e. The number of hydrogen-bond acceptors (Lipinski definition) is 3. The van der Waals surface area contributed by atoms with E-state index in [2.05, 4.69) is 0 Å². The summed E-state index contributed by atoms with van der Waals surface area (Å²) in [7, 11) is 0. The highest BCUT2D eigenvalue weighted by atomic mass is 32.1. The van der Waals surface area contributed by atoms with Crippen molar-refractivity contribution in [2.45, 2.75) is 6.92 Å². The lowest BCUT2D eigenvalue weighted by molar-refractivity contribution is 0.0697. The van der Waals surface area contributed by atoms with Crippen molar-refractivity contribution in [2.75, 3.05) is 6.61 Å². The Kier molecular flexibility index (Phi) is 5.42. The van der Waals surface area contributed by atoms with Crippen molar-refractivity contribution in [1.82, 2.24) is 0 Å². The van der Waals surface area contributed by atoms with Gasteiger partial charge in [-0.3, -0.25) is 0 Å². The van der Waals surface area contributed by atoms with Gasteiger partial charge in [0.15, 0.2) is 0 Å². The number of carbonyl (C=O) groups is 1. The molecule has 3 nitrogen and oxygen atoms in total. The van der Waals surface area contributed by atoms with Gasteiger partial charge >= 0.3 is 5.97 Å². The molecule has 0 spiro atoms. The number of aliphatic hydroxyl groups excluding tert-OH is 1. The first-order chi connectivity index (χ1) is 5.22. The van der Waals surface area contributed by atoms with Gasteiger partial charge in [-0.2, -0.15) is 11.3 Å². The van der Waals surface area contributed by atoms with E-state index >= 15 is 0 Å². The summed E-state index contributed by atoms with van der Waals surface area (Å²) in [5.41, 5.74) is 0.370. The normalized spacial score (nSPS) is 8.18. The molecule has 0 bridgehead atoms. The summed E-state index contributed by atoms with van der Waals surface area (Å²) in [4.78, 5) is 10.1. The molecule has 0 saturated carbocycles. The third-order valence-corrected chi connectivity index (χ3v) is 1.45. The fraction of sp³-hybridized carbons (Fsp3) is 0.286. The molecule has 0 aliphatic heterocycles. The van der Waals surface area contributed by atoms with E-state index in [9.17, 15) is 4.79 Å². The van der Waals surface area contributed by atoms with Gasteiger partial charge in [0.1, 0.15) is 0 Å². The van der Waals surface area contributed by atoms with Gasteiger partial charge < -0.3 is 10.2 Å². The van der Waals surface area contributed by atoms with E-state index in [-0.39, 0.29) is 6.61 Å². The predicted molar refractivity (Wildman–Crippen MR) is 44.0 cm³/mol. The molecule has 0 saturated heterocycles. The Bertz CT molecular complexity index is 193. The highest BCUT2D eigenvalue weighted by Crippen LogP contribution is 2.04. The third kappa shape index (κ3) is 4.52. The molecule has 1 heterocycles. The molecule has 1 rings (SSSR count). The second-order valence-electron chi connectivity index (χ2n) is 1.63. The van der Waals surface area contributed by atoms with Gasteiger partial charge in [0.05, 0.1) is 5.56 Å². The number of aliphatic hydroxyl groups is 1. The van der Waals surface area contributed by atoms with Crippen LogP contribution in [0.5, 0.6) is 0 Å². The van der Waals surface area contributed by atoms with Gasteiger partial charge in [-0.05, 0) is 18.4 Å². The summed E-state index contributed by atoms with van der Waals surface area (Å²) in [6.07, 6.45) is 0. The quantitative estimate of drug-likeness (QED) is 0.677. The van der Waals surface area contributed by atoms with Gasteiger partial charge in [0.25, 0.3) is 0 Å². The molecule has 0 aliphatic rings. The minimum absolute atomic E-state index is 0.250. The van der Waals surface area contributed by atoms with Crippen LogP contribution in [-0.2, 0) is 0 Å². The number of hydrogen-bond donors (Lipinski definition) is 2. The summed E-state index contributed by atoms with van der Waals surface area (Å²) < 4.78 is 0. The average molecular weight is 174 g/mol. The van der Waals surface area contributed by atoms with Crippen LogP contribution < -0.4 is 0 Å². The molecule has 0 fully saturated rings. The van der Waals surface area contributed by atoms with Crippen LogP contribution in [0.3, 0.4) is 0 Å². The Labute approximate surface area is 68.9 Å². The molecule has 0 aromatic carbocycles. The zero-order chi connectivity index (χ0) is 8.69. The second-order valence-corrected chi connectivity index (χ2v) is 2.41. The number of carboxylic acid groups (broad SMARTS) is 1. The van der Waals surface area contributed by atoms with Gasteiger partial charge in [0, 0.05) is 12.0 Å². The van der Waals surface area contributed by atoms with E-state index in [1.807, 2.05) is 0 Å². The minimum Gasteiger partial charge on any atom is -0.478 e. The van der Waals surface area contributed by atoms with E-state index in [4.69, 9.17) is 10.2 Å². The molecule has 1 aromatic rings. The number of carboxylic acids is 1. The van der Waals surface area contributed by atoms with Crippen molar-refractivity contribution in [3.8, 4) is 0 Å². The first-order valence-corrected chi connectivity index (χ1v) is 4.03. The molecule has 0 aliphatic carbocycles.